The molecule has 84 valence electrons. The van der Waals surface area contributed by atoms with E-state index >= 15 is 0 Å². The zero-order chi connectivity index (χ0) is 11.7. The smallest absolute Gasteiger partial charge is 0.152 e. The molecule has 0 fully saturated rings. The maximum atomic E-state index is 13.2. The van der Waals surface area contributed by atoms with Gasteiger partial charge in [-0.3, -0.25) is 4.68 Å². The Labute approximate surface area is 92.9 Å². The van der Waals surface area contributed by atoms with Crippen molar-refractivity contribution < 1.29 is 4.39 Å². The second-order valence-corrected chi connectivity index (χ2v) is 3.69. The van der Waals surface area contributed by atoms with E-state index in [1.807, 2.05) is 19.3 Å². The number of aromatic nitrogens is 2. The van der Waals surface area contributed by atoms with E-state index in [1.165, 1.54) is 6.07 Å². The Morgan fingerprint density at radius 3 is 2.81 bits per heavy atom. The molecule has 1 heterocycles. The number of hydrogen-bond acceptors (Lipinski definition) is 3. The maximum Gasteiger partial charge on any atom is 0.152 e. The summed E-state index contributed by atoms with van der Waals surface area (Å²) in [7, 11) is 1.82. The second kappa shape index (κ2) is 3.84. The van der Waals surface area contributed by atoms with Crippen LogP contribution < -0.4 is 11.1 Å². The van der Waals surface area contributed by atoms with Gasteiger partial charge in [0.15, 0.2) is 5.82 Å². The summed E-state index contributed by atoms with van der Waals surface area (Å²) in [4.78, 5) is 0. The molecule has 0 saturated heterocycles. The fraction of sp³-hybridized carbons (Fsp3) is 0.182. The molecule has 0 aliphatic heterocycles. The van der Waals surface area contributed by atoms with Gasteiger partial charge in [0.05, 0.1) is 11.4 Å². The van der Waals surface area contributed by atoms with Gasteiger partial charge >= 0.3 is 0 Å². The molecule has 1 aromatic carbocycles. The first-order valence-electron chi connectivity index (χ1n) is 4.88. The summed E-state index contributed by atoms with van der Waals surface area (Å²) in [6.07, 6.45) is 1.81. The summed E-state index contributed by atoms with van der Waals surface area (Å²) >= 11 is 0. The molecule has 16 heavy (non-hydrogen) atoms. The minimum absolute atomic E-state index is 0.302. The topological polar surface area (TPSA) is 55.9 Å². The van der Waals surface area contributed by atoms with Crippen molar-refractivity contribution in [2.75, 3.05) is 11.1 Å². The van der Waals surface area contributed by atoms with Gasteiger partial charge in [0.25, 0.3) is 0 Å². The number of nitrogens with zero attached hydrogens (tertiary/aromatic N) is 2. The van der Waals surface area contributed by atoms with Crippen LogP contribution in [-0.2, 0) is 7.05 Å². The molecule has 0 amide bonds. The highest BCUT2D eigenvalue weighted by atomic mass is 19.1. The molecule has 2 rings (SSSR count). The van der Waals surface area contributed by atoms with Crippen LogP contribution in [0.25, 0.3) is 0 Å². The Morgan fingerprint density at radius 2 is 2.19 bits per heavy atom. The molecule has 0 bridgehead atoms. The summed E-state index contributed by atoms with van der Waals surface area (Å²) in [5, 5.41) is 7.19. The van der Waals surface area contributed by atoms with E-state index < -0.39 is 0 Å². The largest absolute Gasteiger partial charge is 0.397 e. The van der Waals surface area contributed by atoms with Crippen LogP contribution in [0.5, 0.6) is 0 Å². The molecule has 0 atom stereocenters. The first-order chi connectivity index (χ1) is 7.56. The van der Waals surface area contributed by atoms with Gasteiger partial charge in [-0.1, -0.05) is 0 Å². The van der Waals surface area contributed by atoms with Crippen molar-refractivity contribution in [1.29, 1.82) is 0 Å². The van der Waals surface area contributed by atoms with Crippen LogP contribution in [0.2, 0.25) is 0 Å². The number of aryl methyl sites for hydroxylation is 2. The number of nitrogens with two attached hydrogens (primary N) is 1. The van der Waals surface area contributed by atoms with Gasteiger partial charge in [-0.2, -0.15) is 5.10 Å². The van der Waals surface area contributed by atoms with Crippen LogP contribution in [0.4, 0.5) is 21.6 Å². The molecule has 0 saturated carbocycles. The fourth-order valence-electron chi connectivity index (χ4n) is 1.42. The lowest BCUT2D eigenvalue weighted by molar-refractivity contribution is 0.619. The van der Waals surface area contributed by atoms with Crippen LogP contribution in [0.15, 0.2) is 24.4 Å². The van der Waals surface area contributed by atoms with Gasteiger partial charge in [-0.25, -0.2) is 4.39 Å². The van der Waals surface area contributed by atoms with E-state index in [0.29, 0.717) is 22.8 Å². The van der Waals surface area contributed by atoms with Crippen molar-refractivity contribution >= 4 is 17.2 Å². The van der Waals surface area contributed by atoms with E-state index in [1.54, 1.807) is 17.7 Å². The third-order valence-corrected chi connectivity index (χ3v) is 2.31. The second-order valence-electron chi connectivity index (χ2n) is 3.69. The van der Waals surface area contributed by atoms with Crippen molar-refractivity contribution in [3.05, 3.63) is 35.8 Å². The number of benzene rings is 1. The fourth-order valence-corrected chi connectivity index (χ4v) is 1.42. The van der Waals surface area contributed by atoms with Crippen molar-refractivity contribution in [3.63, 3.8) is 0 Å². The van der Waals surface area contributed by atoms with Crippen LogP contribution in [0.1, 0.15) is 5.56 Å². The van der Waals surface area contributed by atoms with Crippen LogP contribution in [0.3, 0.4) is 0 Å². The summed E-state index contributed by atoms with van der Waals surface area (Å²) in [5.41, 5.74) is 7.29. The number of nitrogen functional groups attached to an aromatic ring is 1. The highest BCUT2D eigenvalue weighted by Gasteiger charge is 2.06. The molecule has 0 radical (unpaired) electrons. The number of halogens is 1. The van der Waals surface area contributed by atoms with Crippen molar-refractivity contribution in [2.45, 2.75) is 6.92 Å². The molecular weight excluding hydrogens is 207 g/mol. The summed E-state index contributed by atoms with van der Waals surface area (Å²) in [6.45, 7) is 1.69. The number of anilines is 3. The Bertz CT molecular complexity index is 519. The van der Waals surface area contributed by atoms with Gasteiger partial charge in [-0.15, -0.1) is 0 Å². The average molecular weight is 220 g/mol. The van der Waals surface area contributed by atoms with E-state index in [9.17, 15) is 4.39 Å². The van der Waals surface area contributed by atoms with Crippen molar-refractivity contribution in [3.8, 4) is 0 Å². The monoisotopic (exact) mass is 220 g/mol. The Kier molecular flexibility index (Phi) is 2.52. The summed E-state index contributed by atoms with van der Waals surface area (Å²) in [5.74, 6) is 0.379. The number of hydrogen-bond donors (Lipinski definition) is 2. The SMILES string of the molecule is Cc1cc(Nc2ccn(C)n2)c(N)cc1F. The standard InChI is InChI=1S/C11H13FN4/c1-7-5-10(9(13)6-8(7)12)14-11-3-4-16(2)15-11/h3-6H,13H2,1-2H3,(H,14,15). The summed E-state index contributed by atoms with van der Waals surface area (Å²) < 4.78 is 14.9. The highest BCUT2D eigenvalue weighted by Crippen LogP contribution is 2.25. The first kappa shape index (κ1) is 10.5. The van der Waals surface area contributed by atoms with Crippen LogP contribution in [-0.4, -0.2) is 9.78 Å². The Morgan fingerprint density at radius 1 is 1.44 bits per heavy atom. The van der Waals surface area contributed by atoms with E-state index in [2.05, 4.69) is 10.4 Å². The zero-order valence-corrected chi connectivity index (χ0v) is 9.16. The minimum Gasteiger partial charge on any atom is -0.397 e. The lowest BCUT2D eigenvalue weighted by Gasteiger charge is -2.08. The van der Waals surface area contributed by atoms with Gasteiger partial charge in [0.1, 0.15) is 5.82 Å². The third-order valence-electron chi connectivity index (χ3n) is 2.31. The van der Waals surface area contributed by atoms with Gasteiger partial charge < -0.3 is 11.1 Å². The quantitative estimate of drug-likeness (QED) is 0.763. The van der Waals surface area contributed by atoms with Gasteiger partial charge in [0.2, 0.25) is 0 Å². The molecule has 3 N–H and O–H groups in total. The Hall–Kier alpha value is -2.04. The molecular formula is C11H13FN4. The summed E-state index contributed by atoms with van der Waals surface area (Å²) in [6, 6.07) is 4.79. The molecule has 0 aliphatic rings. The lowest BCUT2D eigenvalue weighted by atomic mass is 10.2. The lowest BCUT2D eigenvalue weighted by Crippen LogP contribution is -1.99. The maximum absolute atomic E-state index is 13.2. The van der Waals surface area contributed by atoms with Gasteiger partial charge in [-0.05, 0) is 24.6 Å². The predicted octanol–water partition coefficient (Wildman–Crippen LogP) is 2.19. The normalized spacial score (nSPS) is 10.4. The predicted molar refractivity (Wildman–Crippen MR) is 62.0 cm³/mol. The molecule has 0 unspecified atom stereocenters. The van der Waals surface area contributed by atoms with E-state index in [4.69, 9.17) is 5.73 Å². The number of rotatable bonds is 2. The molecule has 0 spiro atoms. The molecule has 0 aliphatic carbocycles. The minimum atomic E-state index is -0.302. The molecule has 4 nitrogen and oxygen atoms in total. The van der Waals surface area contributed by atoms with Crippen LogP contribution >= 0.6 is 0 Å². The third kappa shape index (κ3) is 1.98. The molecule has 1 aromatic heterocycles. The zero-order valence-electron chi connectivity index (χ0n) is 9.16. The highest BCUT2D eigenvalue weighted by molar-refractivity contribution is 5.71. The number of nitrogens with one attached hydrogen (secondary N) is 1. The molecule has 5 heteroatoms. The van der Waals surface area contributed by atoms with Crippen molar-refractivity contribution in [2.24, 2.45) is 7.05 Å². The van der Waals surface area contributed by atoms with E-state index in [-0.39, 0.29) is 5.82 Å². The Balaban J connectivity index is 2.31. The van der Waals surface area contributed by atoms with Crippen LogP contribution in [0, 0.1) is 12.7 Å². The molecule has 2 aromatic rings. The van der Waals surface area contributed by atoms with Gasteiger partial charge in [0, 0.05) is 19.3 Å². The average Bonchev–Trinajstić information content (AvgIpc) is 2.60. The van der Waals surface area contributed by atoms with E-state index in [0.717, 1.165) is 0 Å². The van der Waals surface area contributed by atoms with Crippen molar-refractivity contribution in [1.82, 2.24) is 9.78 Å². The first-order valence-corrected chi connectivity index (χ1v) is 4.88.